The summed E-state index contributed by atoms with van der Waals surface area (Å²) in [6.45, 7) is 4.28. The van der Waals surface area contributed by atoms with E-state index < -0.39 is 0 Å². The molecule has 0 unspecified atom stereocenters. The van der Waals surface area contributed by atoms with Crippen LogP contribution in [0.3, 0.4) is 0 Å². The number of nitrogens with one attached hydrogen (secondary N) is 1. The van der Waals surface area contributed by atoms with Crippen LogP contribution in [0.5, 0.6) is 0 Å². The van der Waals surface area contributed by atoms with Crippen molar-refractivity contribution in [1.82, 2.24) is 20.0 Å². The topological polar surface area (TPSA) is 55.9 Å². The fraction of sp³-hybridized carbons (Fsp3) is 0.882. The molecule has 0 aromatic heterocycles. The Labute approximate surface area is 152 Å². The summed E-state index contributed by atoms with van der Waals surface area (Å²) in [4.78, 5) is 30.2. The lowest BCUT2D eigenvalue weighted by molar-refractivity contribution is -0.138. The van der Waals surface area contributed by atoms with Crippen LogP contribution in [0.1, 0.15) is 32.1 Å². The molecule has 2 aliphatic rings. The summed E-state index contributed by atoms with van der Waals surface area (Å²) in [5.74, 6) is 1.18. The lowest BCUT2D eigenvalue weighted by Gasteiger charge is -2.37. The number of carbonyl (C=O) groups excluding carboxylic acids is 2. The van der Waals surface area contributed by atoms with Crippen LogP contribution in [-0.4, -0.2) is 80.5 Å². The zero-order valence-corrected chi connectivity index (χ0v) is 16.1. The number of piperidine rings is 2. The second-order valence-electron chi connectivity index (χ2n) is 7.10. The van der Waals surface area contributed by atoms with Gasteiger partial charge >= 0.3 is 6.03 Å². The third-order valence-corrected chi connectivity index (χ3v) is 5.23. The van der Waals surface area contributed by atoms with Gasteiger partial charge in [-0.15, -0.1) is 12.4 Å². The van der Waals surface area contributed by atoms with Crippen molar-refractivity contribution in [2.75, 3.05) is 53.9 Å². The number of amides is 3. The molecule has 2 heterocycles. The number of nitrogens with zero attached hydrogens (tertiary/aromatic N) is 3. The van der Waals surface area contributed by atoms with Gasteiger partial charge in [0.15, 0.2) is 0 Å². The lowest BCUT2D eigenvalue weighted by Crippen LogP contribution is -2.48. The summed E-state index contributed by atoms with van der Waals surface area (Å²) in [6, 6.07) is 0.0567. The standard InChI is InChI=1S/C17H32N4O2.ClH/c1-18-9-4-14-5-10-20(11-6-14)16(22)15-7-12-21(13-8-15)17(23)19(2)3;/h14-15,18H,4-13H2,1-3H3;1H. The van der Waals surface area contributed by atoms with E-state index in [1.165, 1.54) is 6.42 Å². The molecule has 2 aliphatic heterocycles. The van der Waals surface area contributed by atoms with Crippen LogP contribution in [-0.2, 0) is 4.79 Å². The molecule has 0 atom stereocenters. The number of likely N-dealkylation sites (tertiary alicyclic amines) is 2. The monoisotopic (exact) mass is 360 g/mol. The minimum Gasteiger partial charge on any atom is -0.342 e. The molecule has 0 spiro atoms. The lowest BCUT2D eigenvalue weighted by atomic mass is 9.90. The fourth-order valence-electron chi connectivity index (χ4n) is 3.65. The maximum absolute atomic E-state index is 12.7. The van der Waals surface area contributed by atoms with Gasteiger partial charge in [-0.05, 0) is 51.6 Å². The molecule has 0 saturated carbocycles. The van der Waals surface area contributed by atoms with E-state index in [0.29, 0.717) is 19.0 Å². The maximum Gasteiger partial charge on any atom is 0.319 e. The molecular formula is C17H33ClN4O2. The normalized spacial score (nSPS) is 19.8. The van der Waals surface area contributed by atoms with Gasteiger partial charge in [-0.1, -0.05) is 0 Å². The van der Waals surface area contributed by atoms with Crippen LogP contribution in [0.2, 0.25) is 0 Å². The Morgan fingerprint density at radius 1 is 1.00 bits per heavy atom. The van der Waals surface area contributed by atoms with Gasteiger partial charge in [0.2, 0.25) is 5.91 Å². The predicted molar refractivity (Wildman–Crippen MR) is 98.5 cm³/mol. The summed E-state index contributed by atoms with van der Waals surface area (Å²) in [5, 5.41) is 3.21. The van der Waals surface area contributed by atoms with Crippen LogP contribution in [0.25, 0.3) is 0 Å². The zero-order valence-electron chi connectivity index (χ0n) is 15.3. The second kappa shape index (κ2) is 10.1. The quantitative estimate of drug-likeness (QED) is 0.829. The number of hydrogen-bond acceptors (Lipinski definition) is 3. The van der Waals surface area contributed by atoms with Crippen molar-refractivity contribution in [3.8, 4) is 0 Å². The molecule has 0 aromatic carbocycles. The first-order chi connectivity index (χ1) is 11.0. The van der Waals surface area contributed by atoms with Gasteiger partial charge in [0.25, 0.3) is 0 Å². The van der Waals surface area contributed by atoms with Crippen molar-refractivity contribution in [1.29, 1.82) is 0 Å². The van der Waals surface area contributed by atoms with Crippen LogP contribution in [0, 0.1) is 11.8 Å². The predicted octanol–water partition coefficient (Wildman–Crippen LogP) is 1.65. The number of halogens is 1. The van der Waals surface area contributed by atoms with E-state index >= 15 is 0 Å². The molecule has 3 amide bonds. The van der Waals surface area contributed by atoms with E-state index in [9.17, 15) is 9.59 Å². The van der Waals surface area contributed by atoms with Crippen molar-refractivity contribution in [3.63, 3.8) is 0 Å². The number of hydrogen-bond donors (Lipinski definition) is 1. The summed E-state index contributed by atoms with van der Waals surface area (Å²) in [7, 11) is 5.54. The number of carbonyl (C=O) groups is 2. The minimum atomic E-state index is 0. The van der Waals surface area contributed by atoms with E-state index in [1.807, 2.05) is 11.9 Å². The van der Waals surface area contributed by atoms with Gasteiger partial charge in [-0.25, -0.2) is 4.79 Å². The first-order valence-corrected chi connectivity index (χ1v) is 8.92. The van der Waals surface area contributed by atoms with Gasteiger partial charge in [-0.3, -0.25) is 4.79 Å². The highest BCUT2D eigenvalue weighted by molar-refractivity contribution is 5.85. The first-order valence-electron chi connectivity index (χ1n) is 8.92. The zero-order chi connectivity index (χ0) is 16.8. The Balaban J connectivity index is 0.00000288. The summed E-state index contributed by atoms with van der Waals surface area (Å²) in [6.07, 6.45) is 5.08. The highest BCUT2D eigenvalue weighted by Crippen LogP contribution is 2.25. The number of urea groups is 1. The minimum absolute atomic E-state index is 0. The highest BCUT2D eigenvalue weighted by atomic mass is 35.5. The van der Waals surface area contributed by atoms with Crippen LogP contribution in [0.15, 0.2) is 0 Å². The maximum atomic E-state index is 12.7. The first kappa shape index (κ1) is 21.0. The van der Waals surface area contributed by atoms with Gasteiger partial charge in [0.05, 0.1) is 0 Å². The smallest absolute Gasteiger partial charge is 0.319 e. The van der Waals surface area contributed by atoms with E-state index in [0.717, 1.165) is 51.2 Å². The highest BCUT2D eigenvalue weighted by Gasteiger charge is 2.32. The van der Waals surface area contributed by atoms with Crippen molar-refractivity contribution in [2.45, 2.75) is 32.1 Å². The third kappa shape index (κ3) is 5.52. The van der Waals surface area contributed by atoms with Crippen LogP contribution >= 0.6 is 12.4 Å². The molecule has 0 radical (unpaired) electrons. The largest absolute Gasteiger partial charge is 0.342 e. The Bertz CT molecular complexity index is 403. The van der Waals surface area contributed by atoms with Crippen LogP contribution in [0.4, 0.5) is 4.79 Å². The molecular weight excluding hydrogens is 328 g/mol. The Kier molecular flexibility index (Phi) is 8.84. The Hall–Kier alpha value is -1.01. The van der Waals surface area contributed by atoms with Gasteiger partial charge in [0, 0.05) is 46.2 Å². The molecule has 140 valence electrons. The average molecular weight is 361 g/mol. The molecule has 2 fully saturated rings. The summed E-state index contributed by atoms with van der Waals surface area (Å²) < 4.78 is 0. The Morgan fingerprint density at radius 2 is 1.54 bits per heavy atom. The van der Waals surface area contributed by atoms with E-state index in [4.69, 9.17) is 0 Å². The fourth-order valence-corrected chi connectivity index (χ4v) is 3.65. The Morgan fingerprint density at radius 3 is 2.04 bits per heavy atom. The molecule has 24 heavy (non-hydrogen) atoms. The molecule has 7 heteroatoms. The average Bonchev–Trinajstić information content (AvgIpc) is 2.59. The third-order valence-electron chi connectivity index (χ3n) is 5.23. The van der Waals surface area contributed by atoms with Crippen molar-refractivity contribution in [3.05, 3.63) is 0 Å². The van der Waals surface area contributed by atoms with Gasteiger partial charge in [0.1, 0.15) is 0 Å². The molecule has 0 aromatic rings. The van der Waals surface area contributed by atoms with Crippen molar-refractivity contribution < 1.29 is 9.59 Å². The molecule has 0 bridgehead atoms. The van der Waals surface area contributed by atoms with E-state index in [-0.39, 0.29) is 24.4 Å². The SMILES string of the molecule is CNCCC1CCN(C(=O)C2CCN(C(=O)N(C)C)CC2)CC1.Cl. The van der Waals surface area contributed by atoms with E-state index in [1.54, 1.807) is 19.0 Å². The van der Waals surface area contributed by atoms with Gasteiger partial charge in [-0.2, -0.15) is 0 Å². The van der Waals surface area contributed by atoms with Crippen molar-refractivity contribution in [2.24, 2.45) is 11.8 Å². The van der Waals surface area contributed by atoms with Crippen LogP contribution < -0.4 is 5.32 Å². The summed E-state index contributed by atoms with van der Waals surface area (Å²) in [5.41, 5.74) is 0. The molecule has 0 aliphatic carbocycles. The molecule has 2 saturated heterocycles. The summed E-state index contributed by atoms with van der Waals surface area (Å²) >= 11 is 0. The number of rotatable bonds is 4. The van der Waals surface area contributed by atoms with Crippen molar-refractivity contribution >= 4 is 24.3 Å². The molecule has 2 rings (SSSR count). The van der Waals surface area contributed by atoms with Gasteiger partial charge < -0.3 is 20.0 Å². The molecule has 1 N–H and O–H groups in total. The second-order valence-corrected chi connectivity index (χ2v) is 7.10. The van der Waals surface area contributed by atoms with E-state index in [2.05, 4.69) is 10.2 Å². The molecule has 6 nitrogen and oxygen atoms in total.